The van der Waals surface area contributed by atoms with Crippen molar-refractivity contribution < 1.29 is 44.7 Å². The molecule has 0 radical (unpaired) electrons. The second-order valence-corrected chi connectivity index (χ2v) is 6.44. The average molecular weight is 381 g/mol. The molecular formula is C11H6ClF5O5S. The van der Waals surface area contributed by atoms with Gasteiger partial charge < -0.3 is 4.74 Å². The van der Waals surface area contributed by atoms with Crippen LogP contribution in [-0.4, -0.2) is 38.7 Å². The van der Waals surface area contributed by atoms with Crippen LogP contribution in [0.25, 0.3) is 0 Å². The van der Waals surface area contributed by atoms with E-state index in [9.17, 15) is 40.0 Å². The van der Waals surface area contributed by atoms with E-state index in [1.807, 2.05) is 0 Å². The summed E-state index contributed by atoms with van der Waals surface area (Å²) in [6.07, 6.45) is -6.08. The van der Waals surface area contributed by atoms with Crippen molar-refractivity contribution in [3.8, 4) is 0 Å². The Balaban J connectivity index is 3.53. The number of hydrogen-bond donors (Lipinski definition) is 0. The molecule has 0 aliphatic carbocycles. The molecule has 0 aromatic heterocycles. The Morgan fingerprint density at radius 2 is 1.61 bits per heavy atom. The number of rotatable bonds is 4. The lowest BCUT2D eigenvalue weighted by Gasteiger charge is -2.17. The Labute approximate surface area is 130 Å². The van der Waals surface area contributed by atoms with E-state index in [0.717, 1.165) is 13.2 Å². The smallest absolute Gasteiger partial charge is 0.457 e. The standard InChI is InChI=1S/C11H6ClF5O5S/c1-22-8(18)5-2-6(12)4-7(3-5)23(20,21)11(16,17)9(19)10(13,14)15/h2-4H,1H3. The number of carbonyl (C=O) groups excluding carboxylic acids is 2. The molecular weight excluding hydrogens is 375 g/mol. The summed E-state index contributed by atoms with van der Waals surface area (Å²) in [5.41, 5.74) is -0.603. The minimum Gasteiger partial charge on any atom is -0.465 e. The minimum atomic E-state index is -6.10. The van der Waals surface area contributed by atoms with Gasteiger partial charge in [0.05, 0.1) is 17.6 Å². The Morgan fingerprint density at radius 1 is 1.09 bits per heavy atom. The first-order valence-electron chi connectivity index (χ1n) is 5.38. The first-order chi connectivity index (χ1) is 10.2. The van der Waals surface area contributed by atoms with Crippen molar-refractivity contribution >= 4 is 33.2 Å². The van der Waals surface area contributed by atoms with E-state index in [2.05, 4.69) is 4.74 Å². The van der Waals surface area contributed by atoms with Crippen LogP contribution in [0.4, 0.5) is 22.0 Å². The van der Waals surface area contributed by atoms with E-state index < -0.39 is 48.5 Å². The zero-order valence-corrected chi connectivity index (χ0v) is 12.5. The molecule has 0 amide bonds. The molecule has 128 valence electrons. The molecule has 5 nitrogen and oxygen atoms in total. The van der Waals surface area contributed by atoms with Gasteiger partial charge >= 0.3 is 23.2 Å². The van der Waals surface area contributed by atoms with E-state index in [-0.39, 0.29) is 0 Å². The normalized spacial score (nSPS) is 12.8. The number of esters is 1. The van der Waals surface area contributed by atoms with Crippen molar-refractivity contribution in [2.24, 2.45) is 0 Å². The maximum absolute atomic E-state index is 13.5. The Hall–Kier alpha value is -1.75. The number of benzene rings is 1. The number of sulfone groups is 1. The molecule has 1 aromatic carbocycles. The molecule has 23 heavy (non-hydrogen) atoms. The second-order valence-electron chi connectivity index (χ2n) is 4.01. The van der Waals surface area contributed by atoms with Gasteiger partial charge in [-0.3, -0.25) is 4.79 Å². The van der Waals surface area contributed by atoms with Gasteiger partial charge in [0, 0.05) is 5.02 Å². The number of ketones is 1. The highest BCUT2D eigenvalue weighted by Gasteiger charge is 2.63. The maximum atomic E-state index is 13.5. The van der Waals surface area contributed by atoms with Gasteiger partial charge in [-0.25, -0.2) is 13.2 Å². The van der Waals surface area contributed by atoms with Crippen molar-refractivity contribution in [3.63, 3.8) is 0 Å². The fraction of sp³-hybridized carbons (Fsp3) is 0.273. The minimum absolute atomic E-state index is 0.324. The van der Waals surface area contributed by atoms with Crippen LogP contribution in [0.15, 0.2) is 23.1 Å². The monoisotopic (exact) mass is 380 g/mol. The summed E-state index contributed by atoms with van der Waals surface area (Å²) in [7, 11) is -5.21. The Kier molecular flexibility index (Phi) is 5.07. The van der Waals surface area contributed by atoms with Crippen LogP contribution in [0.1, 0.15) is 10.4 Å². The predicted molar refractivity (Wildman–Crippen MR) is 66.0 cm³/mol. The van der Waals surface area contributed by atoms with Crippen molar-refractivity contribution in [1.82, 2.24) is 0 Å². The number of hydrogen-bond acceptors (Lipinski definition) is 5. The number of ether oxygens (including phenoxy) is 1. The molecule has 0 spiro atoms. The van der Waals surface area contributed by atoms with Crippen LogP contribution in [0.2, 0.25) is 5.02 Å². The highest BCUT2D eigenvalue weighted by atomic mass is 35.5. The number of alkyl halides is 5. The second kappa shape index (κ2) is 6.04. The van der Waals surface area contributed by atoms with Gasteiger partial charge in [-0.05, 0) is 18.2 Å². The summed E-state index contributed by atoms with van der Waals surface area (Å²) in [5.74, 6) is -4.93. The number of methoxy groups -OCH3 is 1. The largest absolute Gasteiger partial charge is 0.465 e. The predicted octanol–water partition coefficient (Wildman–Crippen LogP) is 2.62. The van der Waals surface area contributed by atoms with Gasteiger partial charge in [0.25, 0.3) is 9.84 Å². The summed E-state index contributed by atoms with van der Waals surface area (Å²) < 4.78 is 91.0. The third kappa shape index (κ3) is 3.61. The Morgan fingerprint density at radius 3 is 2.04 bits per heavy atom. The van der Waals surface area contributed by atoms with Crippen molar-refractivity contribution in [2.75, 3.05) is 7.11 Å². The van der Waals surface area contributed by atoms with Crippen molar-refractivity contribution in [1.29, 1.82) is 0 Å². The van der Waals surface area contributed by atoms with E-state index in [1.165, 1.54) is 0 Å². The summed E-state index contributed by atoms with van der Waals surface area (Å²) in [6, 6.07) is 1.54. The topological polar surface area (TPSA) is 77.5 Å². The van der Waals surface area contributed by atoms with Crippen LogP contribution in [0.3, 0.4) is 0 Å². The van der Waals surface area contributed by atoms with Gasteiger partial charge in [0.1, 0.15) is 0 Å². The molecule has 12 heteroatoms. The molecule has 0 fully saturated rings. The zero-order valence-electron chi connectivity index (χ0n) is 10.9. The molecule has 0 heterocycles. The number of halogens is 6. The zero-order chi connectivity index (χ0) is 18.2. The molecule has 1 aromatic rings. The Bertz CT molecular complexity index is 757. The highest BCUT2D eigenvalue weighted by Crippen LogP contribution is 2.37. The molecule has 0 aliphatic heterocycles. The van der Waals surface area contributed by atoms with Gasteiger partial charge in [0.2, 0.25) is 0 Å². The van der Waals surface area contributed by atoms with Crippen molar-refractivity contribution in [3.05, 3.63) is 28.8 Å². The summed E-state index contributed by atoms with van der Waals surface area (Å²) >= 11 is 5.45. The van der Waals surface area contributed by atoms with Gasteiger partial charge in [-0.2, -0.15) is 22.0 Å². The van der Waals surface area contributed by atoms with E-state index in [4.69, 9.17) is 11.6 Å². The van der Waals surface area contributed by atoms with Gasteiger partial charge in [-0.1, -0.05) is 11.6 Å². The van der Waals surface area contributed by atoms with Crippen LogP contribution < -0.4 is 0 Å². The van der Waals surface area contributed by atoms with E-state index in [1.54, 1.807) is 0 Å². The fourth-order valence-corrected chi connectivity index (χ4v) is 2.91. The first kappa shape index (κ1) is 19.3. The highest BCUT2D eigenvalue weighted by molar-refractivity contribution is 7.93. The molecule has 1 rings (SSSR count). The number of carbonyl (C=O) groups is 2. The van der Waals surface area contributed by atoms with Crippen LogP contribution in [-0.2, 0) is 19.4 Å². The molecule has 0 unspecified atom stereocenters. The van der Waals surface area contributed by atoms with Crippen molar-refractivity contribution in [2.45, 2.75) is 16.3 Å². The van der Waals surface area contributed by atoms with E-state index >= 15 is 0 Å². The fourth-order valence-electron chi connectivity index (χ4n) is 1.39. The number of Topliss-reactive ketones (excluding diaryl/α,β-unsaturated/α-hetero) is 1. The first-order valence-corrected chi connectivity index (χ1v) is 7.24. The lowest BCUT2D eigenvalue weighted by atomic mass is 10.2. The molecule has 0 N–H and O–H groups in total. The summed E-state index contributed by atoms with van der Waals surface area (Å²) in [6.45, 7) is 0. The summed E-state index contributed by atoms with van der Waals surface area (Å²) in [4.78, 5) is 20.5. The van der Waals surface area contributed by atoms with Gasteiger partial charge in [-0.15, -0.1) is 0 Å². The van der Waals surface area contributed by atoms with E-state index in [0.29, 0.717) is 12.1 Å². The summed E-state index contributed by atoms with van der Waals surface area (Å²) in [5, 5.41) is -6.33. The SMILES string of the molecule is COC(=O)c1cc(Cl)cc(S(=O)(=O)C(F)(F)C(=O)C(F)(F)F)c1. The molecule has 0 saturated heterocycles. The quantitative estimate of drug-likeness (QED) is 0.593. The lowest BCUT2D eigenvalue weighted by Crippen LogP contribution is -2.45. The third-order valence-corrected chi connectivity index (χ3v) is 4.40. The molecule has 0 aliphatic rings. The van der Waals surface area contributed by atoms with Crippen LogP contribution >= 0.6 is 11.6 Å². The lowest BCUT2D eigenvalue weighted by molar-refractivity contribution is -0.186. The van der Waals surface area contributed by atoms with Crippen LogP contribution in [0.5, 0.6) is 0 Å². The average Bonchev–Trinajstić information content (AvgIpc) is 2.43. The third-order valence-electron chi connectivity index (χ3n) is 2.46. The molecule has 0 bridgehead atoms. The maximum Gasteiger partial charge on any atom is 0.457 e. The van der Waals surface area contributed by atoms with Gasteiger partial charge in [0.15, 0.2) is 0 Å². The van der Waals surface area contributed by atoms with Crippen LogP contribution in [0, 0.1) is 0 Å². The molecule has 0 atom stereocenters. The molecule has 0 saturated carbocycles.